The van der Waals surface area contributed by atoms with Gasteiger partial charge in [0, 0.05) is 10.4 Å². The molecule has 1 aromatic heterocycles. The third-order valence-electron chi connectivity index (χ3n) is 3.74. The van der Waals surface area contributed by atoms with Crippen LogP contribution in [0.4, 0.5) is 11.4 Å². The van der Waals surface area contributed by atoms with Gasteiger partial charge < -0.3 is 20.5 Å². The molecular formula is C18H14N2O3S. The molecule has 1 aliphatic rings. The van der Waals surface area contributed by atoms with Crippen molar-refractivity contribution in [2.24, 2.45) is 0 Å². The number of benzene rings is 2. The summed E-state index contributed by atoms with van der Waals surface area (Å²) in [4.78, 5) is 13.6. The molecule has 1 amide bonds. The fourth-order valence-corrected chi connectivity index (χ4v) is 3.22. The zero-order valence-electron chi connectivity index (χ0n) is 12.6. The van der Waals surface area contributed by atoms with Gasteiger partial charge in [0.15, 0.2) is 11.5 Å². The van der Waals surface area contributed by atoms with Crippen LogP contribution in [0.5, 0.6) is 11.5 Å². The summed E-state index contributed by atoms with van der Waals surface area (Å²) < 4.78 is 10.6. The van der Waals surface area contributed by atoms with Gasteiger partial charge in [0.25, 0.3) is 5.91 Å². The molecule has 0 fully saturated rings. The maximum absolute atomic E-state index is 12.5. The molecule has 0 atom stereocenters. The van der Waals surface area contributed by atoms with Crippen molar-refractivity contribution in [1.29, 1.82) is 0 Å². The van der Waals surface area contributed by atoms with Crippen molar-refractivity contribution in [3.8, 4) is 21.9 Å². The van der Waals surface area contributed by atoms with Crippen molar-refractivity contribution in [2.75, 3.05) is 17.8 Å². The van der Waals surface area contributed by atoms with Gasteiger partial charge in [-0.2, -0.15) is 0 Å². The number of rotatable bonds is 3. The molecule has 0 saturated carbocycles. The van der Waals surface area contributed by atoms with Crippen LogP contribution in [0.15, 0.2) is 53.9 Å². The Morgan fingerprint density at radius 2 is 1.96 bits per heavy atom. The predicted molar refractivity (Wildman–Crippen MR) is 94.7 cm³/mol. The van der Waals surface area contributed by atoms with Crippen LogP contribution in [-0.4, -0.2) is 12.7 Å². The number of nitrogen functional groups attached to an aromatic ring is 1. The average molecular weight is 338 g/mol. The second-order valence-electron chi connectivity index (χ2n) is 5.30. The quantitative estimate of drug-likeness (QED) is 0.709. The molecule has 0 unspecified atom stereocenters. The van der Waals surface area contributed by atoms with E-state index in [0.717, 1.165) is 10.4 Å². The smallest absolute Gasteiger partial charge is 0.255 e. The van der Waals surface area contributed by atoms with E-state index in [1.54, 1.807) is 35.6 Å². The summed E-state index contributed by atoms with van der Waals surface area (Å²) in [6.45, 7) is 0.177. The predicted octanol–water partition coefficient (Wildman–Crippen LogP) is 3.98. The number of nitrogens with one attached hydrogen (secondary N) is 1. The summed E-state index contributed by atoms with van der Waals surface area (Å²) in [5.41, 5.74) is 8.61. The lowest BCUT2D eigenvalue weighted by Gasteiger charge is -2.10. The SMILES string of the molecule is Nc1ccc(-c2cccs2)cc1NC(=O)c1ccc2c(c1)OCO2. The Morgan fingerprint density at radius 3 is 2.79 bits per heavy atom. The molecule has 5 nitrogen and oxygen atoms in total. The number of ether oxygens (including phenoxy) is 2. The summed E-state index contributed by atoms with van der Waals surface area (Å²) in [5.74, 6) is 0.969. The Kier molecular flexibility index (Phi) is 3.59. The first-order valence-electron chi connectivity index (χ1n) is 7.35. The number of carbonyl (C=O) groups excluding carboxylic acids is 1. The molecule has 4 rings (SSSR count). The Bertz CT molecular complexity index is 907. The Morgan fingerprint density at radius 1 is 1.08 bits per heavy atom. The van der Waals surface area contributed by atoms with Crippen LogP contribution in [0.25, 0.3) is 10.4 Å². The third-order valence-corrected chi connectivity index (χ3v) is 4.66. The van der Waals surface area contributed by atoms with Gasteiger partial charge in [0.1, 0.15) is 0 Å². The van der Waals surface area contributed by atoms with Crippen LogP contribution >= 0.6 is 11.3 Å². The van der Waals surface area contributed by atoms with Gasteiger partial charge in [-0.05, 0) is 47.3 Å². The molecule has 1 aliphatic heterocycles. The number of hydrogen-bond donors (Lipinski definition) is 2. The molecule has 120 valence electrons. The van der Waals surface area contributed by atoms with Crippen molar-refractivity contribution in [2.45, 2.75) is 0 Å². The number of amides is 1. The van der Waals surface area contributed by atoms with Crippen LogP contribution in [-0.2, 0) is 0 Å². The first kappa shape index (κ1) is 14.6. The highest BCUT2D eigenvalue weighted by atomic mass is 32.1. The molecule has 24 heavy (non-hydrogen) atoms. The van der Waals surface area contributed by atoms with Crippen molar-refractivity contribution >= 4 is 28.6 Å². The lowest BCUT2D eigenvalue weighted by Crippen LogP contribution is -2.13. The number of anilines is 2. The number of fused-ring (bicyclic) bond motifs is 1. The summed E-state index contributed by atoms with van der Waals surface area (Å²) >= 11 is 1.64. The number of nitrogens with two attached hydrogens (primary N) is 1. The Hall–Kier alpha value is -2.99. The van der Waals surface area contributed by atoms with E-state index in [-0.39, 0.29) is 12.7 Å². The molecular weight excluding hydrogens is 324 g/mol. The maximum Gasteiger partial charge on any atom is 0.255 e. The highest BCUT2D eigenvalue weighted by molar-refractivity contribution is 7.13. The van der Waals surface area contributed by atoms with Gasteiger partial charge in [-0.15, -0.1) is 11.3 Å². The molecule has 3 aromatic rings. The van der Waals surface area contributed by atoms with Crippen molar-refractivity contribution in [1.82, 2.24) is 0 Å². The van der Waals surface area contributed by atoms with Gasteiger partial charge in [-0.3, -0.25) is 4.79 Å². The number of carbonyl (C=O) groups is 1. The van der Waals surface area contributed by atoms with Crippen LogP contribution in [0.1, 0.15) is 10.4 Å². The standard InChI is InChI=1S/C18H14N2O3S/c19-13-5-3-11(17-2-1-7-24-17)8-14(13)20-18(21)12-4-6-15-16(9-12)23-10-22-15/h1-9H,10,19H2,(H,20,21). The second kappa shape index (κ2) is 5.90. The third kappa shape index (κ3) is 2.68. The number of thiophene rings is 1. The minimum atomic E-state index is -0.247. The minimum Gasteiger partial charge on any atom is -0.454 e. The molecule has 2 heterocycles. The summed E-state index contributed by atoms with van der Waals surface area (Å²) in [5, 5.41) is 4.87. The largest absolute Gasteiger partial charge is 0.454 e. The van der Waals surface area contributed by atoms with E-state index in [1.807, 2.05) is 29.6 Å². The van der Waals surface area contributed by atoms with Gasteiger partial charge in [-0.1, -0.05) is 12.1 Å². The fraction of sp³-hybridized carbons (Fsp3) is 0.0556. The van der Waals surface area contributed by atoms with E-state index < -0.39 is 0 Å². The average Bonchev–Trinajstić information content (AvgIpc) is 3.27. The lowest BCUT2D eigenvalue weighted by molar-refractivity contribution is 0.102. The molecule has 3 N–H and O–H groups in total. The van der Waals surface area contributed by atoms with E-state index >= 15 is 0 Å². The van der Waals surface area contributed by atoms with E-state index in [4.69, 9.17) is 15.2 Å². The highest BCUT2D eigenvalue weighted by Crippen LogP contribution is 2.33. The molecule has 2 aromatic carbocycles. The zero-order valence-corrected chi connectivity index (χ0v) is 13.4. The maximum atomic E-state index is 12.5. The first-order valence-corrected chi connectivity index (χ1v) is 8.23. The molecule has 0 spiro atoms. The van der Waals surface area contributed by atoms with Gasteiger partial charge >= 0.3 is 0 Å². The van der Waals surface area contributed by atoms with Crippen molar-refractivity contribution in [3.05, 3.63) is 59.5 Å². The minimum absolute atomic E-state index is 0.177. The Labute approximate surface area is 142 Å². The number of hydrogen-bond acceptors (Lipinski definition) is 5. The van der Waals surface area contributed by atoms with Crippen LogP contribution < -0.4 is 20.5 Å². The zero-order chi connectivity index (χ0) is 16.5. The monoisotopic (exact) mass is 338 g/mol. The van der Waals surface area contributed by atoms with E-state index in [9.17, 15) is 4.79 Å². The van der Waals surface area contributed by atoms with Gasteiger partial charge in [0.05, 0.1) is 11.4 Å². The summed E-state index contributed by atoms with van der Waals surface area (Å²) in [6, 6.07) is 14.7. The molecule has 0 saturated heterocycles. The highest BCUT2D eigenvalue weighted by Gasteiger charge is 2.17. The topological polar surface area (TPSA) is 73.6 Å². The lowest BCUT2D eigenvalue weighted by atomic mass is 10.1. The van der Waals surface area contributed by atoms with E-state index in [2.05, 4.69) is 5.32 Å². The Balaban J connectivity index is 1.60. The molecule has 0 radical (unpaired) electrons. The van der Waals surface area contributed by atoms with Gasteiger partial charge in [-0.25, -0.2) is 0 Å². The molecule has 0 aliphatic carbocycles. The molecule has 6 heteroatoms. The van der Waals surface area contributed by atoms with Crippen LogP contribution in [0.2, 0.25) is 0 Å². The molecule has 0 bridgehead atoms. The fourth-order valence-electron chi connectivity index (χ4n) is 2.49. The second-order valence-corrected chi connectivity index (χ2v) is 6.25. The first-order chi connectivity index (χ1) is 11.7. The normalized spacial score (nSPS) is 12.2. The van der Waals surface area contributed by atoms with Gasteiger partial charge in [0.2, 0.25) is 6.79 Å². The van der Waals surface area contributed by atoms with Crippen molar-refractivity contribution in [3.63, 3.8) is 0 Å². The van der Waals surface area contributed by atoms with Crippen molar-refractivity contribution < 1.29 is 14.3 Å². The van der Waals surface area contributed by atoms with E-state index in [1.165, 1.54) is 0 Å². The summed E-state index contributed by atoms with van der Waals surface area (Å²) in [7, 11) is 0. The summed E-state index contributed by atoms with van der Waals surface area (Å²) in [6.07, 6.45) is 0. The van der Waals surface area contributed by atoms with E-state index in [0.29, 0.717) is 28.4 Å². The van der Waals surface area contributed by atoms with Crippen LogP contribution in [0.3, 0.4) is 0 Å². The van der Waals surface area contributed by atoms with Crippen LogP contribution in [0, 0.1) is 0 Å².